The number of hydrogen-bond donors (Lipinski definition) is 1. The van der Waals surface area contributed by atoms with E-state index in [1.165, 1.54) is 5.56 Å². The van der Waals surface area contributed by atoms with E-state index in [-0.39, 0.29) is 0 Å². The van der Waals surface area contributed by atoms with Gasteiger partial charge in [-0.25, -0.2) is 0 Å². The molecule has 0 saturated carbocycles. The Morgan fingerprint density at radius 2 is 1.77 bits per heavy atom. The smallest absolute Gasteiger partial charge is 0.0926 e. The molecule has 1 N–H and O–H groups in total. The highest BCUT2D eigenvalue weighted by atomic mass is 15.1. The van der Waals surface area contributed by atoms with E-state index in [0.29, 0.717) is 0 Å². The Morgan fingerprint density at radius 3 is 2.55 bits per heavy atom. The zero-order chi connectivity index (χ0) is 15.2. The Balaban J connectivity index is 1.69. The van der Waals surface area contributed by atoms with Crippen LogP contribution in [0.2, 0.25) is 0 Å². The molecule has 0 atom stereocenters. The second-order valence-corrected chi connectivity index (χ2v) is 5.04. The van der Waals surface area contributed by atoms with Crippen molar-refractivity contribution in [3.05, 3.63) is 83.6 Å². The third-order valence-corrected chi connectivity index (χ3v) is 3.28. The summed E-state index contributed by atoms with van der Waals surface area (Å²) in [5, 5.41) is 7.31. The van der Waals surface area contributed by atoms with Gasteiger partial charge in [-0.1, -0.05) is 59.9 Å². The highest BCUT2D eigenvalue weighted by molar-refractivity contribution is 5.63. The van der Waals surface area contributed by atoms with Crippen LogP contribution >= 0.6 is 0 Å². The van der Waals surface area contributed by atoms with Gasteiger partial charge >= 0.3 is 0 Å². The van der Waals surface area contributed by atoms with Crippen LogP contribution in [0.25, 0.3) is 17.3 Å². The maximum Gasteiger partial charge on any atom is 0.0926 e. The van der Waals surface area contributed by atoms with Gasteiger partial charge in [-0.05, 0) is 37.3 Å². The monoisotopic (exact) mass is 284 g/mol. The molecule has 2 heteroatoms. The van der Waals surface area contributed by atoms with Gasteiger partial charge in [0.2, 0.25) is 0 Å². The van der Waals surface area contributed by atoms with Crippen LogP contribution in [0.5, 0.6) is 0 Å². The van der Waals surface area contributed by atoms with E-state index in [1.54, 1.807) is 0 Å². The van der Waals surface area contributed by atoms with Crippen LogP contribution in [-0.2, 0) is 0 Å². The predicted octanol–water partition coefficient (Wildman–Crippen LogP) is 4.45. The van der Waals surface area contributed by atoms with E-state index in [9.17, 15) is 0 Å². The van der Waals surface area contributed by atoms with Crippen molar-refractivity contribution in [1.29, 1.82) is 0 Å². The topological polar surface area (TPSA) is 28.7 Å². The summed E-state index contributed by atoms with van der Waals surface area (Å²) >= 11 is 0. The first-order valence-electron chi connectivity index (χ1n) is 7.17. The van der Waals surface area contributed by atoms with Crippen LogP contribution in [-0.4, -0.2) is 10.2 Å². The molecular formula is C20H16N2. The Labute approximate surface area is 130 Å². The number of rotatable bonds is 2. The number of H-pyrrole nitrogens is 1. The molecule has 0 amide bonds. The lowest BCUT2D eigenvalue weighted by atomic mass is 10.1. The standard InChI is InChI=1S/C20H16N2/c1-16-11-13-17(14-12-16)7-5-6-10-19-15-20(22-21-19)18-8-3-2-4-9-18/h2-4,6,8-15H,1H3,(H,21,22)/b10-6-. The summed E-state index contributed by atoms with van der Waals surface area (Å²) in [5.74, 6) is 6.15. The second-order valence-electron chi connectivity index (χ2n) is 5.04. The maximum absolute atomic E-state index is 4.31. The van der Waals surface area contributed by atoms with E-state index >= 15 is 0 Å². The molecule has 0 bridgehead atoms. The van der Waals surface area contributed by atoms with Gasteiger partial charge in [-0.3, -0.25) is 5.10 Å². The number of nitrogens with one attached hydrogen (secondary N) is 1. The lowest BCUT2D eigenvalue weighted by molar-refractivity contribution is 1.08. The summed E-state index contributed by atoms with van der Waals surface area (Å²) in [6.45, 7) is 2.07. The van der Waals surface area contributed by atoms with E-state index in [0.717, 1.165) is 22.5 Å². The first-order chi connectivity index (χ1) is 10.8. The summed E-state index contributed by atoms with van der Waals surface area (Å²) in [6.07, 6.45) is 3.77. The molecule has 0 aliphatic heterocycles. The first-order valence-corrected chi connectivity index (χ1v) is 7.17. The van der Waals surface area contributed by atoms with Gasteiger partial charge in [0.15, 0.2) is 0 Å². The second kappa shape index (κ2) is 6.60. The molecule has 106 valence electrons. The van der Waals surface area contributed by atoms with E-state index in [4.69, 9.17) is 0 Å². The molecule has 0 aliphatic carbocycles. The normalized spacial score (nSPS) is 10.4. The van der Waals surface area contributed by atoms with Crippen LogP contribution in [0, 0.1) is 18.8 Å². The molecule has 0 spiro atoms. The molecule has 0 radical (unpaired) electrons. The minimum Gasteiger partial charge on any atom is -0.278 e. The first kappa shape index (κ1) is 13.9. The molecule has 22 heavy (non-hydrogen) atoms. The molecule has 0 aliphatic rings. The van der Waals surface area contributed by atoms with E-state index in [2.05, 4.69) is 41.1 Å². The number of allylic oxidation sites excluding steroid dienone is 1. The zero-order valence-electron chi connectivity index (χ0n) is 12.4. The number of aromatic nitrogens is 2. The summed E-state index contributed by atoms with van der Waals surface area (Å²) in [4.78, 5) is 0. The Kier molecular flexibility index (Phi) is 4.17. The van der Waals surface area contributed by atoms with Crippen molar-refractivity contribution >= 4 is 6.08 Å². The highest BCUT2D eigenvalue weighted by Gasteiger charge is 2.00. The van der Waals surface area contributed by atoms with Crippen molar-refractivity contribution in [2.75, 3.05) is 0 Å². The zero-order valence-corrected chi connectivity index (χ0v) is 12.4. The number of hydrogen-bond acceptors (Lipinski definition) is 1. The maximum atomic E-state index is 4.31. The predicted molar refractivity (Wildman–Crippen MR) is 91.1 cm³/mol. The van der Waals surface area contributed by atoms with Gasteiger partial charge in [0, 0.05) is 11.1 Å². The van der Waals surface area contributed by atoms with Crippen LogP contribution in [0.15, 0.2) is 66.7 Å². The SMILES string of the molecule is Cc1ccc(C#C/C=C\c2cc(-c3ccccc3)n[nH]2)cc1. The molecule has 1 heterocycles. The number of benzene rings is 2. The van der Waals surface area contributed by atoms with Crippen molar-refractivity contribution in [1.82, 2.24) is 10.2 Å². The van der Waals surface area contributed by atoms with Gasteiger partial charge in [0.1, 0.15) is 0 Å². The molecule has 2 aromatic carbocycles. The molecule has 2 nitrogen and oxygen atoms in total. The Morgan fingerprint density at radius 1 is 1.00 bits per heavy atom. The van der Waals surface area contributed by atoms with Crippen molar-refractivity contribution in [3.63, 3.8) is 0 Å². The molecule has 3 rings (SSSR count). The summed E-state index contributed by atoms with van der Waals surface area (Å²) in [6, 6.07) is 20.3. The third kappa shape index (κ3) is 3.53. The minimum absolute atomic E-state index is 0.937. The molecule has 0 unspecified atom stereocenters. The lowest BCUT2D eigenvalue weighted by Gasteiger charge is -1.92. The number of aryl methyl sites for hydroxylation is 1. The average Bonchev–Trinajstić information content (AvgIpc) is 3.03. The van der Waals surface area contributed by atoms with Crippen molar-refractivity contribution in [2.24, 2.45) is 0 Å². The van der Waals surface area contributed by atoms with Crippen LogP contribution in [0.3, 0.4) is 0 Å². The molecule has 1 aromatic heterocycles. The van der Waals surface area contributed by atoms with Crippen molar-refractivity contribution < 1.29 is 0 Å². The Hall–Kier alpha value is -3.05. The molecular weight excluding hydrogens is 268 g/mol. The molecule has 3 aromatic rings. The summed E-state index contributed by atoms with van der Waals surface area (Å²) in [7, 11) is 0. The summed E-state index contributed by atoms with van der Waals surface area (Å²) in [5.41, 5.74) is 5.24. The third-order valence-electron chi connectivity index (χ3n) is 3.28. The molecule has 0 fully saturated rings. The number of nitrogens with zero attached hydrogens (tertiary/aromatic N) is 1. The largest absolute Gasteiger partial charge is 0.278 e. The van der Waals surface area contributed by atoms with E-state index < -0.39 is 0 Å². The summed E-state index contributed by atoms with van der Waals surface area (Å²) < 4.78 is 0. The fourth-order valence-corrected chi connectivity index (χ4v) is 2.07. The quantitative estimate of drug-likeness (QED) is 0.692. The van der Waals surface area contributed by atoms with Gasteiger partial charge in [0.05, 0.1) is 11.4 Å². The van der Waals surface area contributed by atoms with E-state index in [1.807, 2.05) is 60.7 Å². The van der Waals surface area contributed by atoms with Crippen LogP contribution < -0.4 is 0 Å². The molecule has 0 saturated heterocycles. The Bertz CT molecular complexity index is 829. The van der Waals surface area contributed by atoms with Crippen molar-refractivity contribution in [3.8, 4) is 23.1 Å². The average molecular weight is 284 g/mol. The lowest BCUT2D eigenvalue weighted by Crippen LogP contribution is -1.75. The van der Waals surface area contributed by atoms with Gasteiger partial charge in [-0.2, -0.15) is 5.10 Å². The fourth-order valence-electron chi connectivity index (χ4n) is 2.07. The van der Waals surface area contributed by atoms with Crippen LogP contribution in [0.4, 0.5) is 0 Å². The van der Waals surface area contributed by atoms with Gasteiger partial charge in [-0.15, -0.1) is 0 Å². The minimum atomic E-state index is 0.937. The van der Waals surface area contributed by atoms with Gasteiger partial charge in [0.25, 0.3) is 0 Å². The number of aromatic amines is 1. The van der Waals surface area contributed by atoms with Gasteiger partial charge < -0.3 is 0 Å². The fraction of sp³-hybridized carbons (Fsp3) is 0.0500. The highest BCUT2D eigenvalue weighted by Crippen LogP contribution is 2.17. The van der Waals surface area contributed by atoms with Crippen LogP contribution in [0.1, 0.15) is 16.8 Å². The van der Waals surface area contributed by atoms with Crippen molar-refractivity contribution in [2.45, 2.75) is 6.92 Å².